The summed E-state index contributed by atoms with van der Waals surface area (Å²) in [5, 5.41) is 8.85. The third-order valence-corrected chi connectivity index (χ3v) is 4.37. The standard InChI is InChI=1S/C12H13FN2O2S/c1-3-8-15(4-2)18(16,17)12-7-5-6-11(13)10(12)9-14/h3,5-7H,1,4,8H2,2H3. The Hall–Kier alpha value is -1.71. The molecule has 0 amide bonds. The van der Waals surface area contributed by atoms with Crippen molar-refractivity contribution in [2.24, 2.45) is 0 Å². The second kappa shape index (κ2) is 5.76. The van der Waals surface area contributed by atoms with Crippen molar-refractivity contribution >= 4 is 10.0 Å². The van der Waals surface area contributed by atoms with Crippen molar-refractivity contribution in [3.05, 3.63) is 42.2 Å². The Kier molecular flexibility index (Phi) is 4.59. The molecule has 0 aromatic heterocycles. The van der Waals surface area contributed by atoms with Gasteiger partial charge in [0, 0.05) is 13.1 Å². The van der Waals surface area contributed by atoms with Gasteiger partial charge in [-0.1, -0.05) is 19.1 Å². The number of nitrogens with zero attached hydrogens (tertiary/aromatic N) is 2. The Morgan fingerprint density at radius 3 is 2.72 bits per heavy atom. The second-order valence-electron chi connectivity index (χ2n) is 3.47. The number of likely N-dealkylation sites (N-methyl/N-ethyl adjacent to an activating group) is 1. The summed E-state index contributed by atoms with van der Waals surface area (Å²) in [6.07, 6.45) is 1.44. The topological polar surface area (TPSA) is 61.2 Å². The molecule has 0 N–H and O–H groups in total. The van der Waals surface area contributed by atoms with E-state index >= 15 is 0 Å². The first-order valence-electron chi connectivity index (χ1n) is 5.28. The van der Waals surface area contributed by atoms with Crippen molar-refractivity contribution in [2.75, 3.05) is 13.1 Å². The smallest absolute Gasteiger partial charge is 0.207 e. The van der Waals surface area contributed by atoms with E-state index in [1.807, 2.05) is 0 Å². The molecule has 0 radical (unpaired) electrons. The molecule has 0 heterocycles. The molecule has 0 atom stereocenters. The normalized spacial score (nSPS) is 11.2. The predicted molar refractivity (Wildman–Crippen MR) is 65.7 cm³/mol. The zero-order valence-electron chi connectivity index (χ0n) is 9.93. The van der Waals surface area contributed by atoms with E-state index in [9.17, 15) is 12.8 Å². The first kappa shape index (κ1) is 14.4. The van der Waals surface area contributed by atoms with Crippen LogP contribution in [-0.2, 0) is 10.0 Å². The highest BCUT2D eigenvalue weighted by atomic mass is 32.2. The summed E-state index contributed by atoms with van der Waals surface area (Å²) in [6, 6.07) is 5.13. The van der Waals surface area contributed by atoms with Crippen LogP contribution < -0.4 is 0 Å². The van der Waals surface area contributed by atoms with Crippen molar-refractivity contribution in [2.45, 2.75) is 11.8 Å². The summed E-state index contributed by atoms with van der Waals surface area (Å²) in [5.41, 5.74) is -0.458. The monoisotopic (exact) mass is 268 g/mol. The number of hydrogen-bond donors (Lipinski definition) is 0. The second-order valence-corrected chi connectivity index (χ2v) is 5.38. The first-order valence-corrected chi connectivity index (χ1v) is 6.72. The minimum atomic E-state index is -3.88. The Morgan fingerprint density at radius 1 is 1.56 bits per heavy atom. The summed E-state index contributed by atoms with van der Waals surface area (Å²) >= 11 is 0. The molecule has 1 rings (SSSR count). The van der Waals surface area contributed by atoms with E-state index < -0.39 is 21.4 Å². The molecule has 0 aliphatic rings. The van der Waals surface area contributed by atoms with Gasteiger partial charge < -0.3 is 0 Å². The lowest BCUT2D eigenvalue weighted by atomic mass is 10.2. The molecule has 0 fully saturated rings. The van der Waals surface area contributed by atoms with E-state index in [2.05, 4.69) is 6.58 Å². The summed E-state index contributed by atoms with van der Waals surface area (Å²) in [5.74, 6) is -0.840. The summed E-state index contributed by atoms with van der Waals surface area (Å²) < 4.78 is 39.0. The lowest BCUT2D eigenvalue weighted by Crippen LogP contribution is -2.31. The van der Waals surface area contributed by atoms with Crippen LogP contribution in [0.5, 0.6) is 0 Å². The number of sulfonamides is 1. The first-order chi connectivity index (χ1) is 8.48. The van der Waals surface area contributed by atoms with Crippen molar-refractivity contribution in [3.8, 4) is 6.07 Å². The molecule has 0 saturated heterocycles. The average Bonchev–Trinajstić information content (AvgIpc) is 2.35. The van der Waals surface area contributed by atoms with Gasteiger partial charge in [0.05, 0.1) is 0 Å². The van der Waals surface area contributed by atoms with Gasteiger partial charge in [0.2, 0.25) is 10.0 Å². The predicted octanol–water partition coefficient (Wildman–Crippen LogP) is 1.89. The van der Waals surface area contributed by atoms with Gasteiger partial charge >= 0.3 is 0 Å². The molecule has 0 aliphatic carbocycles. The van der Waals surface area contributed by atoms with Crippen LogP contribution in [0.2, 0.25) is 0 Å². The molecule has 0 saturated carbocycles. The number of nitriles is 1. The van der Waals surface area contributed by atoms with Crippen LogP contribution in [0.1, 0.15) is 12.5 Å². The Labute approximate surface area is 106 Å². The number of hydrogen-bond acceptors (Lipinski definition) is 3. The molecule has 0 unspecified atom stereocenters. The molecule has 0 aliphatic heterocycles. The maximum Gasteiger partial charge on any atom is 0.244 e. The molecule has 6 heteroatoms. The van der Waals surface area contributed by atoms with Gasteiger partial charge in [-0.2, -0.15) is 9.57 Å². The Morgan fingerprint density at radius 2 is 2.22 bits per heavy atom. The Balaban J connectivity index is 3.42. The molecular formula is C12H13FN2O2S. The van der Waals surface area contributed by atoms with Crippen LogP contribution in [0.3, 0.4) is 0 Å². The number of rotatable bonds is 5. The van der Waals surface area contributed by atoms with Crippen LogP contribution in [0, 0.1) is 17.1 Å². The zero-order chi connectivity index (χ0) is 13.8. The minimum absolute atomic E-state index is 0.111. The van der Waals surface area contributed by atoms with Gasteiger partial charge in [-0.3, -0.25) is 0 Å². The molecule has 0 spiro atoms. The van der Waals surface area contributed by atoms with Crippen molar-refractivity contribution in [1.29, 1.82) is 5.26 Å². The average molecular weight is 268 g/mol. The van der Waals surface area contributed by atoms with E-state index in [1.54, 1.807) is 13.0 Å². The quantitative estimate of drug-likeness (QED) is 0.766. The van der Waals surface area contributed by atoms with Gasteiger partial charge in [-0.15, -0.1) is 6.58 Å². The van der Waals surface area contributed by atoms with Gasteiger partial charge in [0.15, 0.2) is 0 Å². The van der Waals surface area contributed by atoms with Crippen LogP contribution in [0.15, 0.2) is 35.7 Å². The molecule has 96 valence electrons. The van der Waals surface area contributed by atoms with Crippen LogP contribution in [-0.4, -0.2) is 25.8 Å². The van der Waals surface area contributed by atoms with Crippen molar-refractivity contribution < 1.29 is 12.8 Å². The maximum atomic E-state index is 13.4. The van der Waals surface area contributed by atoms with Crippen molar-refractivity contribution in [3.63, 3.8) is 0 Å². The highest BCUT2D eigenvalue weighted by molar-refractivity contribution is 7.89. The SMILES string of the molecule is C=CCN(CC)S(=O)(=O)c1cccc(F)c1C#N. The van der Waals surface area contributed by atoms with Crippen LogP contribution in [0.4, 0.5) is 4.39 Å². The maximum absolute atomic E-state index is 13.4. The van der Waals surface area contributed by atoms with Crippen LogP contribution >= 0.6 is 0 Å². The molecular weight excluding hydrogens is 255 g/mol. The fourth-order valence-corrected chi connectivity index (χ4v) is 3.08. The van der Waals surface area contributed by atoms with Gasteiger partial charge in [-0.25, -0.2) is 12.8 Å². The number of halogens is 1. The highest BCUT2D eigenvalue weighted by Gasteiger charge is 2.26. The highest BCUT2D eigenvalue weighted by Crippen LogP contribution is 2.21. The van der Waals surface area contributed by atoms with E-state index in [0.29, 0.717) is 0 Å². The van der Waals surface area contributed by atoms with Gasteiger partial charge in [0.25, 0.3) is 0 Å². The van der Waals surface area contributed by atoms with Crippen LogP contribution in [0.25, 0.3) is 0 Å². The van der Waals surface area contributed by atoms with E-state index in [-0.39, 0.29) is 18.0 Å². The number of benzene rings is 1. The fourth-order valence-electron chi connectivity index (χ4n) is 1.51. The Bertz CT molecular complexity index is 591. The molecule has 0 bridgehead atoms. The summed E-state index contributed by atoms with van der Waals surface area (Å²) in [6.45, 7) is 5.46. The third-order valence-electron chi connectivity index (χ3n) is 2.39. The fraction of sp³-hybridized carbons (Fsp3) is 0.250. The molecule has 18 heavy (non-hydrogen) atoms. The third kappa shape index (κ3) is 2.58. The summed E-state index contributed by atoms with van der Waals surface area (Å²) in [7, 11) is -3.88. The lowest BCUT2D eigenvalue weighted by Gasteiger charge is -2.19. The van der Waals surface area contributed by atoms with E-state index in [4.69, 9.17) is 5.26 Å². The largest absolute Gasteiger partial charge is 0.244 e. The minimum Gasteiger partial charge on any atom is -0.207 e. The van der Waals surface area contributed by atoms with Gasteiger partial charge in [0.1, 0.15) is 22.3 Å². The van der Waals surface area contributed by atoms with Gasteiger partial charge in [-0.05, 0) is 12.1 Å². The van der Waals surface area contributed by atoms with Crippen molar-refractivity contribution in [1.82, 2.24) is 4.31 Å². The van der Waals surface area contributed by atoms with E-state index in [1.165, 1.54) is 18.2 Å². The van der Waals surface area contributed by atoms with E-state index in [0.717, 1.165) is 10.4 Å². The lowest BCUT2D eigenvalue weighted by molar-refractivity contribution is 0.459. The molecule has 4 nitrogen and oxygen atoms in total. The zero-order valence-corrected chi connectivity index (χ0v) is 10.7. The molecule has 1 aromatic carbocycles. The summed E-state index contributed by atoms with van der Waals surface area (Å²) in [4.78, 5) is -0.311. The molecule has 1 aromatic rings.